The minimum Gasteiger partial charge on any atom is -2.00 e. The van der Waals surface area contributed by atoms with E-state index in [2.05, 4.69) is 0 Å². The van der Waals surface area contributed by atoms with E-state index < -0.39 is 4.92 Å². The predicted molar refractivity (Wildman–Crippen MR) is 44.3 cm³/mol. The molecular weight excluding hydrogens is 247 g/mol. The maximum Gasteiger partial charge on any atom is 0.271 e. The quantitative estimate of drug-likeness (QED) is 0.272. The first kappa shape index (κ1) is 19.2. The van der Waals surface area contributed by atoms with Crippen LogP contribution in [0, 0.1) is 10.1 Å². The van der Waals surface area contributed by atoms with E-state index in [1.54, 1.807) is 0 Å². The molecule has 85 valence electrons. The molecule has 0 bridgehead atoms. The summed E-state index contributed by atoms with van der Waals surface area (Å²) in [6, 6.07) is 3.71. The van der Waals surface area contributed by atoms with E-state index in [1.807, 2.05) is 0 Å². The number of nitrogen functional groups attached to an aromatic ring is 1. The number of benzene rings is 1. The van der Waals surface area contributed by atoms with Crippen molar-refractivity contribution >= 4 is 17.7 Å². The fourth-order valence-electron chi connectivity index (χ4n) is 0.783. The van der Waals surface area contributed by atoms with E-state index in [0.29, 0.717) is 6.29 Å². The van der Waals surface area contributed by atoms with E-state index in [-0.39, 0.29) is 45.0 Å². The minimum atomic E-state index is -0.565. The van der Waals surface area contributed by atoms with Crippen molar-refractivity contribution in [1.29, 1.82) is 0 Å². The topological polar surface area (TPSA) is 143 Å². The van der Waals surface area contributed by atoms with Gasteiger partial charge in [0.1, 0.15) is 0 Å². The van der Waals surface area contributed by atoms with Crippen LogP contribution in [0.25, 0.3) is 0 Å². The van der Waals surface area contributed by atoms with Gasteiger partial charge in [0.25, 0.3) is 5.69 Å². The van der Waals surface area contributed by atoms with E-state index in [0.717, 1.165) is 6.07 Å². The summed E-state index contributed by atoms with van der Waals surface area (Å²) in [6.45, 7) is 0. The third kappa shape index (κ3) is 4.52. The summed E-state index contributed by atoms with van der Waals surface area (Å²) in [5.41, 5.74) is 5.61. The van der Waals surface area contributed by atoms with Gasteiger partial charge in [-0.3, -0.25) is 14.9 Å². The predicted octanol–water partition coefficient (Wildman–Crippen LogP) is 0.749. The number of non-ortho nitro benzene ring substituents is 1. The molecule has 0 heterocycles. The Labute approximate surface area is 95.5 Å². The van der Waals surface area contributed by atoms with E-state index in [1.165, 1.54) is 12.1 Å². The molecule has 0 fully saturated rings. The number of hydrogen-bond acceptors (Lipinski definition) is 4. The molecule has 0 aliphatic heterocycles. The average molecular weight is 253 g/mol. The number of nitrogens with two attached hydrogens (primary N) is 1. The Hall–Kier alpha value is -1.47. The third-order valence-electron chi connectivity index (χ3n) is 1.41. The first-order chi connectivity index (χ1) is 5.65. The van der Waals surface area contributed by atoms with Gasteiger partial charge in [-0.1, -0.05) is 0 Å². The second-order valence-corrected chi connectivity index (χ2v) is 2.19. The molecule has 1 aromatic carbocycles. The number of nitrogens with zero attached hydrogens (tertiary/aromatic N) is 1. The van der Waals surface area contributed by atoms with Crippen molar-refractivity contribution < 1.29 is 37.7 Å². The molecule has 0 aliphatic rings. The van der Waals surface area contributed by atoms with Crippen LogP contribution in [0.3, 0.4) is 0 Å². The van der Waals surface area contributed by atoms with Crippen LogP contribution in [0.5, 0.6) is 0 Å². The number of hydrogen-bond donors (Lipinski definition) is 1. The van der Waals surface area contributed by atoms with E-state index in [9.17, 15) is 14.9 Å². The van der Waals surface area contributed by atoms with Gasteiger partial charge in [-0.2, -0.15) is 0 Å². The van der Waals surface area contributed by atoms with Gasteiger partial charge in [0, 0.05) is 40.5 Å². The van der Waals surface area contributed by atoms with Crippen LogP contribution in [0.2, 0.25) is 0 Å². The first-order valence-corrected chi connectivity index (χ1v) is 3.14. The Kier molecular flexibility index (Phi) is 10.1. The van der Waals surface area contributed by atoms with Crippen LogP contribution < -0.4 is 5.73 Å². The number of carbonyl (C=O) groups is 1. The molecule has 0 atom stereocenters. The van der Waals surface area contributed by atoms with Crippen LogP contribution >= 0.6 is 0 Å². The summed E-state index contributed by atoms with van der Waals surface area (Å²) in [4.78, 5) is 19.9. The number of anilines is 1. The Bertz CT molecular complexity index is 344. The Morgan fingerprint density at radius 3 is 2.20 bits per heavy atom. The molecule has 0 amide bonds. The van der Waals surface area contributed by atoms with Crippen LogP contribution in [0.4, 0.5) is 11.4 Å². The number of aldehydes is 1. The van der Waals surface area contributed by atoms with Gasteiger partial charge in [0.15, 0.2) is 6.29 Å². The zero-order chi connectivity index (χ0) is 9.14. The van der Waals surface area contributed by atoms with Crippen LogP contribution in [-0.2, 0) is 28.0 Å². The molecule has 0 unspecified atom stereocenters. The maximum absolute atomic E-state index is 10.3. The molecular formula is C7H6MnN2O5-4. The molecule has 0 aromatic heterocycles. The maximum atomic E-state index is 10.3. The van der Waals surface area contributed by atoms with Gasteiger partial charge in [0.2, 0.25) is 0 Å². The smallest absolute Gasteiger partial charge is 0.271 e. The normalized spacial score (nSPS) is 7.47. The van der Waals surface area contributed by atoms with Gasteiger partial charge in [-0.25, -0.2) is 0 Å². The van der Waals surface area contributed by atoms with Crippen molar-refractivity contribution in [3.63, 3.8) is 0 Å². The van der Waals surface area contributed by atoms with Crippen molar-refractivity contribution in [2.45, 2.75) is 0 Å². The van der Waals surface area contributed by atoms with Crippen molar-refractivity contribution in [2.24, 2.45) is 0 Å². The summed E-state index contributed by atoms with van der Waals surface area (Å²) >= 11 is 0. The number of nitro groups is 1. The van der Waals surface area contributed by atoms with Crippen molar-refractivity contribution in [3.05, 3.63) is 33.9 Å². The monoisotopic (exact) mass is 253 g/mol. The summed E-state index contributed by atoms with van der Waals surface area (Å²) in [5.74, 6) is 0. The summed E-state index contributed by atoms with van der Waals surface area (Å²) in [7, 11) is 0. The largest absolute Gasteiger partial charge is 2.00 e. The van der Waals surface area contributed by atoms with Gasteiger partial charge in [-0.15, -0.1) is 0 Å². The van der Waals surface area contributed by atoms with Gasteiger partial charge in [-0.05, 0) is 6.07 Å². The van der Waals surface area contributed by atoms with Gasteiger partial charge >= 0.3 is 0 Å². The van der Waals surface area contributed by atoms with E-state index >= 15 is 0 Å². The van der Waals surface area contributed by atoms with Crippen molar-refractivity contribution in [1.82, 2.24) is 0 Å². The number of carbonyl (C=O) groups excluding carboxylic acids is 1. The fourth-order valence-corrected chi connectivity index (χ4v) is 0.783. The SMILES string of the molecule is Nc1cc([N+](=O)[O-])ccc1C=O.[Mn].[O-2].[O-2]. The molecule has 15 heavy (non-hydrogen) atoms. The zero-order valence-electron chi connectivity index (χ0n) is 7.25. The van der Waals surface area contributed by atoms with Crippen molar-refractivity contribution in [3.8, 4) is 0 Å². The molecule has 2 N–H and O–H groups in total. The number of rotatable bonds is 2. The minimum absolute atomic E-state index is 0. The standard InChI is InChI=1S/C7H6N2O3.Mn.2O/c8-7-3-6(9(11)12)2-1-5(7)4-10;;;/h1-4H,8H2;;;/q;;2*-2. The summed E-state index contributed by atoms with van der Waals surface area (Å²) in [6.07, 6.45) is 0.555. The summed E-state index contributed by atoms with van der Waals surface area (Å²) < 4.78 is 0. The third-order valence-corrected chi connectivity index (χ3v) is 1.41. The van der Waals surface area contributed by atoms with Gasteiger partial charge in [0.05, 0.1) is 4.92 Å². The zero-order valence-corrected chi connectivity index (χ0v) is 8.43. The molecule has 1 radical (unpaired) electrons. The molecule has 1 rings (SSSR count). The molecule has 7 nitrogen and oxygen atoms in total. The second kappa shape index (κ2) is 7.89. The summed E-state index contributed by atoms with van der Waals surface area (Å²) in [5, 5.41) is 10.2. The fraction of sp³-hybridized carbons (Fsp3) is 0. The Morgan fingerprint density at radius 1 is 1.33 bits per heavy atom. The van der Waals surface area contributed by atoms with Gasteiger partial charge < -0.3 is 16.7 Å². The molecule has 0 saturated carbocycles. The number of nitro benzene ring substituents is 1. The molecule has 0 saturated heterocycles. The molecule has 0 aliphatic carbocycles. The first-order valence-electron chi connectivity index (χ1n) is 3.14. The molecule has 0 spiro atoms. The van der Waals surface area contributed by atoms with Crippen LogP contribution in [0.1, 0.15) is 10.4 Å². The average Bonchev–Trinajstić information content (AvgIpc) is 2.04. The molecule has 1 aromatic rings. The van der Waals surface area contributed by atoms with Crippen LogP contribution in [0.15, 0.2) is 18.2 Å². The van der Waals surface area contributed by atoms with Crippen LogP contribution in [-0.4, -0.2) is 11.2 Å². The Morgan fingerprint density at radius 2 is 1.87 bits per heavy atom. The Balaban J connectivity index is -0.000000480. The molecule has 8 heteroatoms. The van der Waals surface area contributed by atoms with E-state index in [4.69, 9.17) is 5.73 Å². The second-order valence-electron chi connectivity index (χ2n) is 2.19. The van der Waals surface area contributed by atoms with Crippen molar-refractivity contribution in [2.75, 3.05) is 5.73 Å².